The lowest BCUT2D eigenvalue weighted by atomic mass is 10.1. The third-order valence-electron chi connectivity index (χ3n) is 5.50. The molecule has 3 aromatic rings. The predicted molar refractivity (Wildman–Crippen MR) is 110 cm³/mol. The summed E-state index contributed by atoms with van der Waals surface area (Å²) >= 11 is 0. The van der Waals surface area contributed by atoms with Gasteiger partial charge in [-0.25, -0.2) is 14.4 Å². The van der Waals surface area contributed by atoms with Gasteiger partial charge in [-0.05, 0) is 43.0 Å². The Hall–Kier alpha value is -3.34. The van der Waals surface area contributed by atoms with E-state index in [1.54, 1.807) is 0 Å². The van der Waals surface area contributed by atoms with E-state index in [1.807, 2.05) is 0 Å². The third kappa shape index (κ3) is 4.87. The second-order valence-corrected chi connectivity index (χ2v) is 7.89. The van der Waals surface area contributed by atoms with Gasteiger partial charge in [-0.2, -0.15) is 18.3 Å². The smallest absolute Gasteiger partial charge is 0.390 e. The molecule has 0 bridgehead atoms. The summed E-state index contributed by atoms with van der Waals surface area (Å²) in [7, 11) is 0. The van der Waals surface area contributed by atoms with Crippen LogP contribution >= 0.6 is 0 Å². The third-order valence-corrected chi connectivity index (χ3v) is 5.50. The van der Waals surface area contributed by atoms with Crippen molar-refractivity contribution in [2.75, 3.05) is 5.32 Å². The average molecular weight is 462 g/mol. The lowest BCUT2D eigenvalue weighted by Gasteiger charge is -2.18. The van der Waals surface area contributed by atoms with Gasteiger partial charge in [0.15, 0.2) is 0 Å². The van der Waals surface area contributed by atoms with Crippen molar-refractivity contribution in [3.8, 4) is 0 Å². The molecule has 1 aliphatic carbocycles. The summed E-state index contributed by atoms with van der Waals surface area (Å²) < 4.78 is 54.5. The first-order valence-corrected chi connectivity index (χ1v) is 10.1. The van der Waals surface area contributed by atoms with Gasteiger partial charge in [0.25, 0.3) is 0 Å². The molecule has 0 spiro atoms. The monoisotopic (exact) mass is 462 g/mol. The number of carbonyl (C=O) groups excluding carboxylic acids is 1. The number of aliphatic hydroxyl groups is 1. The molecule has 0 saturated heterocycles. The molecule has 7 nitrogen and oxygen atoms in total. The number of aromatic nitrogens is 4. The number of alkyl halides is 4. The number of rotatable bonds is 6. The minimum atomic E-state index is -4.46. The fourth-order valence-corrected chi connectivity index (χ4v) is 3.76. The van der Waals surface area contributed by atoms with E-state index in [1.165, 1.54) is 41.6 Å². The van der Waals surface area contributed by atoms with E-state index in [-0.39, 0.29) is 30.0 Å². The molecule has 1 fully saturated rings. The number of nitrogens with one attached hydrogen (secondary N) is 1. The van der Waals surface area contributed by atoms with Crippen molar-refractivity contribution in [3.63, 3.8) is 0 Å². The van der Waals surface area contributed by atoms with Crippen LogP contribution in [-0.2, 0) is 12.7 Å². The Morgan fingerprint density at radius 1 is 1.30 bits per heavy atom. The molecule has 0 amide bonds. The van der Waals surface area contributed by atoms with Crippen LogP contribution in [0.25, 0.3) is 0 Å². The van der Waals surface area contributed by atoms with Gasteiger partial charge in [-0.15, -0.1) is 0 Å². The number of hydrogen-bond acceptors (Lipinski definition) is 6. The first kappa shape index (κ1) is 22.8. The van der Waals surface area contributed by atoms with E-state index in [4.69, 9.17) is 0 Å². The highest BCUT2D eigenvalue weighted by Crippen LogP contribution is 2.31. The van der Waals surface area contributed by atoms with Crippen molar-refractivity contribution in [3.05, 3.63) is 78.4 Å². The molecule has 1 aromatic carbocycles. The topological polar surface area (TPSA) is 92.9 Å². The van der Waals surface area contributed by atoms with Crippen molar-refractivity contribution in [1.29, 1.82) is 0 Å². The highest BCUT2D eigenvalue weighted by molar-refractivity contribution is 6.10. The van der Waals surface area contributed by atoms with Gasteiger partial charge in [-0.1, -0.05) is 12.1 Å². The zero-order valence-corrected chi connectivity index (χ0v) is 17.2. The van der Waals surface area contributed by atoms with Crippen molar-refractivity contribution >= 4 is 11.6 Å². The minimum Gasteiger partial charge on any atom is -0.390 e. The molecule has 173 valence electrons. The molecule has 33 heavy (non-hydrogen) atoms. The average Bonchev–Trinajstić information content (AvgIpc) is 3.34. The molecule has 4 atom stereocenters. The molecule has 0 unspecified atom stereocenters. The van der Waals surface area contributed by atoms with Crippen LogP contribution in [0.1, 0.15) is 33.6 Å². The van der Waals surface area contributed by atoms with Gasteiger partial charge in [0.1, 0.15) is 24.0 Å². The van der Waals surface area contributed by atoms with E-state index in [2.05, 4.69) is 27.3 Å². The maximum Gasteiger partial charge on any atom is 0.416 e. The van der Waals surface area contributed by atoms with Gasteiger partial charge in [0.2, 0.25) is 5.78 Å². The number of halogens is 4. The lowest BCUT2D eigenvalue weighted by molar-refractivity contribution is -0.137. The predicted octanol–water partition coefficient (Wildman–Crippen LogP) is 3.30. The normalized spacial score (nSPS) is 23.0. The Morgan fingerprint density at radius 2 is 2.09 bits per heavy atom. The molecule has 2 N–H and O–H groups in total. The first-order valence-electron chi connectivity index (χ1n) is 10.1. The van der Waals surface area contributed by atoms with Crippen LogP contribution in [0.3, 0.4) is 0 Å². The second kappa shape index (κ2) is 8.89. The largest absolute Gasteiger partial charge is 0.416 e. The highest BCUT2D eigenvalue weighted by atomic mass is 19.4. The van der Waals surface area contributed by atoms with Crippen LogP contribution in [0.5, 0.6) is 0 Å². The highest BCUT2D eigenvalue weighted by Gasteiger charge is 2.41. The molecule has 1 saturated carbocycles. The van der Waals surface area contributed by atoms with Crippen molar-refractivity contribution in [1.82, 2.24) is 19.7 Å². The zero-order chi connectivity index (χ0) is 23.8. The van der Waals surface area contributed by atoms with Gasteiger partial charge in [0.05, 0.1) is 29.8 Å². The second-order valence-electron chi connectivity index (χ2n) is 7.89. The summed E-state index contributed by atoms with van der Waals surface area (Å²) in [6.45, 7) is 3.75. The molecular weight excluding hydrogens is 442 g/mol. The summed E-state index contributed by atoms with van der Waals surface area (Å²) in [4.78, 5) is 20.9. The summed E-state index contributed by atoms with van der Waals surface area (Å²) in [5, 5.41) is 16.8. The summed E-state index contributed by atoms with van der Waals surface area (Å²) in [5.74, 6) is -0.942. The van der Waals surface area contributed by atoms with Crippen molar-refractivity contribution < 1.29 is 27.5 Å². The molecule has 0 aliphatic heterocycles. The quantitative estimate of drug-likeness (QED) is 0.431. The molecule has 4 rings (SSSR count). The van der Waals surface area contributed by atoms with Gasteiger partial charge >= 0.3 is 6.18 Å². The van der Waals surface area contributed by atoms with E-state index in [0.29, 0.717) is 5.56 Å². The van der Waals surface area contributed by atoms with E-state index >= 15 is 0 Å². The van der Waals surface area contributed by atoms with Gasteiger partial charge < -0.3 is 10.4 Å². The number of ketones is 1. The SMILES string of the molecule is [CH2][C@@H]1C[C@@H](Nc2ncncc2C(=O)c2ccn(Cc3cccc(C(F)(F)F)c3)n2)[C@@H](F)[C@@H]1O. The Labute approximate surface area is 186 Å². The first-order chi connectivity index (χ1) is 15.6. The number of nitrogens with zero attached hydrogens (tertiary/aromatic N) is 4. The van der Waals surface area contributed by atoms with Crippen LogP contribution in [-0.4, -0.2) is 49.0 Å². The fraction of sp³-hybridized carbons (Fsp3) is 0.318. The Bertz CT molecular complexity index is 1150. The van der Waals surface area contributed by atoms with Gasteiger partial charge in [-0.3, -0.25) is 9.48 Å². The maximum absolute atomic E-state index is 14.3. The van der Waals surface area contributed by atoms with Gasteiger partial charge in [0, 0.05) is 12.4 Å². The number of anilines is 1. The van der Waals surface area contributed by atoms with Crippen LogP contribution in [0.4, 0.5) is 23.4 Å². The van der Waals surface area contributed by atoms with Crippen LogP contribution in [0.15, 0.2) is 49.1 Å². The Balaban J connectivity index is 1.51. The van der Waals surface area contributed by atoms with Crippen LogP contribution in [0, 0.1) is 12.8 Å². The molecule has 2 heterocycles. The molecule has 1 radical (unpaired) electrons. The summed E-state index contributed by atoms with van der Waals surface area (Å²) in [6, 6.07) is 5.49. The summed E-state index contributed by atoms with van der Waals surface area (Å²) in [5.41, 5.74) is -0.323. The Kier molecular flexibility index (Phi) is 6.15. The van der Waals surface area contributed by atoms with Crippen molar-refractivity contribution in [2.45, 2.75) is 37.5 Å². The Morgan fingerprint density at radius 3 is 2.79 bits per heavy atom. The number of benzene rings is 1. The molecule has 11 heteroatoms. The maximum atomic E-state index is 14.3. The number of hydrogen-bond donors (Lipinski definition) is 2. The van der Waals surface area contributed by atoms with E-state index in [9.17, 15) is 27.5 Å². The fourth-order valence-electron chi connectivity index (χ4n) is 3.76. The van der Waals surface area contributed by atoms with Crippen molar-refractivity contribution in [2.24, 2.45) is 5.92 Å². The lowest BCUT2D eigenvalue weighted by Crippen LogP contribution is -2.32. The standard InChI is InChI=1S/C22H20F4N5O2/c1-12-7-17(18(23)19(12)32)29-21-15(9-27-11-28-21)20(33)16-5-6-31(30-16)10-13-3-2-4-14(8-13)22(24,25)26/h2-6,8-9,11-12,17-19,32H,1,7,10H2,(H,27,28,29)/t12-,17-,18-,19-/m1/s1. The molecule has 1 aliphatic rings. The summed E-state index contributed by atoms with van der Waals surface area (Å²) in [6.07, 6.45) is -3.05. The zero-order valence-electron chi connectivity index (χ0n) is 17.2. The van der Waals surface area contributed by atoms with E-state index < -0.39 is 41.8 Å². The van der Waals surface area contributed by atoms with E-state index in [0.717, 1.165) is 12.1 Å². The van der Waals surface area contributed by atoms with Crippen LogP contribution < -0.4 is 5.32 Å². The van der Waals surface area contributed by atoms with Crippen LogP contribution in [0.2, 0.25) is 0 Å². The minimum absolute atomic E-state index is 0.0260. The molecule has 2 aromatic heterocycles. The number of carbonyl (C=O) groups is 1. The number of aliphatic hydroxyl groups excluding tert-OH is 1. The molecular formula is C22H20F4N5O2.